The molecular formula is C50H39N. The fourth-order valence-electron chi connectivity index (χ4n) is 8.10. The van der Waals surface area contributed by atoms with Gasteiger partial charge in [0.25, 0.3) is 0 Å². The fourth-order valence-corrected chi connectivity index (χ4v) is 8.10. The molecule has 0 saturated heterocycles. The molecule has 8 aromatic carbocycles. The van der Waals surface area contributed by atoms with Crippen LogP contribution in [0, 0.1) is 6.92 Å². The Morgan fingerprint density at radius 2 is 0.941 bits per heavy atom. The third-order valence-corrected chi connectivity index (χ3v) is 10.8. The van der Waals surface area contributed by atoms with Crippen LogP contribution in [-0.4, -0.2) is 0 Å². The first-order valence-corrected chi connectivity index (χ1v) is 17.8. The molecule has 1 nitrogen and oxygen atoms in total. The van der Waals surface area contributed by atoms with Crippen LogP contribution < -0.4 is 4.90 Å². The topological polar surface area (TPSA) is 3.24 Å². The molecule has 0 spiro atoms. The highest BCUT2D eigenvalue weighted by molar-refractivity contribution is 5.97. The minimum Gasteiger partial charge on any atom is -0.310 e. The molecule has 0 heterocycles. The lowest BCUT2D eigenvalue weighted by Gasteiger charge is -2.29. The Morgan fingerprint density at radius 3 is 1.69 bits per heavy atom. The van der Waals surface area contributed by atoms with Gasteiger partial charge in [0.15, 0.2) is 0 Å². The Balaban J connectivity index is 1.14. The monoisotopic (exact) mass is 653 g/mol. The molecule has 1 aliphatic carbocycles. The number of rotatable bonds is 6. The molecule has 0 unspecified atom stereocenters. The molecule has 0 atom stereocenters. The van der Waals surface area contributed by atoms with Crippen LogP contribution in [0.2, 0.25) is 0 Å². The summed E-state index contributed by atoms with van der Waals surface area (Å²) >= 11 is 0. The van der Waals surface area contributed by atoms with Gasteiger partial charge < -0.3 is 4.90 Å². The normalized spacial score (nSPS) is 12.8. The van der Waals surface area contributed by atoms with E-state index >= 15 is 0 Å². The number of aryl methyl sites for hydroxylation is 1. The summed E-state index contributed by atoms with van der Waals surface area (Å²) in [6.45, 7) is 6.95. The molecule has 1 aliphatic rings. The van der Waals surface area contributed by atoms with Crippen molar-refractivity contribution in [1.82, 2.24) is 0 Å². The van der Waals surface area contributed by atoms with Gasteiger partial charge in [0, 0.05) is 22.5 Å². The molecule has 9 rings (SSSR count). The largest absolute Gasteiger partial charge is 0.310 e. The Kier molecular flexibility index (Phi) is 7.44. The van der Waals surface area contributed by atoms with Crippen molar-refractivity contribution < 1.29 is 0 Å². The zero-order valence-corrected chi connectivity index (χ0v) is 29.3. The van der Waals surface area contributed by atoms with Crippen LogP contribution in [0.1, 0.15) is 30.5 Å². The summed E-state index contributed by atoms with van der Waals surface area (Å²) in [7, 11) is 0. The minimum absolute atomic E-state index is 0.0867. The van der Waals surface area contributed by atoms with E-state index in [1.807, 2.05) is 0 Å². The van der Waals surface area contributed by atoms with E-state index in [9.17, 15) is 0 Å². The third-order valence-electron chi connectivity index (χ3n) is 10.8. The Labute approximate surface area is 301 Å². The van der Waals surface area contributed by atoms with E-state index < -0.39 is 0 Å². The van der Waals surface area contributed by atoms with Crippen LogP contribution in [0.5, 0.6) is 0 Å². The molecule has 0 fully saturated rings. The van der Waals surface area contributed by atoms with Gasteiger partial charge in [-0.25, -0.2) is 0 Å². The predicted molar refractivity (Wildman–Crippen MR) is 217 cm³/mol. The Morgan fingerprint density at radius 1 is 0.392 bits per heavy atom. The first kappa shape index (κ1) is 30.8. The van der Waals surface area contributed by atoms with Crippen molar-refractivity contribution in [1.29, 1.82) is 0 Å². The maximum Gasteiger partial charge on any atom is 0.0491 e. The van der Waals surface area contributed by atoms with Crippen molar-refractivity contribution in [2.45, 2.75) is 26.2 Å². The van der Waals surface area contributed by atoms with Crippen molar-refractivity contribution in [2.24, 2.45) is 0 Å². The molecule has 0 aromatic heterocycles. The number of fused-ring (bicyclic) bond motifs is 4. The van der Waals surface area contributed by atoms with Gasteiger partial charge in [0.1, 0.15) is 0 Å². The lowest BCUT2D eigenvalue weighted by molar-refractivity contribution is 0.660. The smallest absolute Gasteiger partial charge is 0.0491 e. The first-order valence-electron chi connectivity index (χ1n) is 17.8. The second-order valence-corrected chi connectivity index (χ2v) is 14.3. The van der Waals surface area contributed by atoms with E-state index in [2.05, 4.69) is 208 Å². The zero-order valence-electron chi connectivity index (χ0n) is 29.3. The van der Waals surface area contributed by atoms with E-state index in [1.165, 1.54) is 77.7 Å². The molecule has 1 heteroatoms. The highest BCUT2D eigenvalue weighted by Crippen LogP contribution is 2.51. The van der Waals surface area contributed by atoms with Crippen LogP contribution in [0.3, 0.4) is 0 Å². The van der Waals surface area contributed by atoms with Crippen molar-refractivity contribution >= 4 is 27.8 Å². The molecule has 0 amide bonds. The van der Waals surface area contributed by atoms with Crippen LogP contribution in [0.25, 0.3) is 55.3 Å². The second-order valence-electron chi connectivity index (χ2n) is 14.3. The summed E-state index contributed by atoms with van der Waals surface area (Å²) < 4.78 is 0. The van der Waals surface area contributed by atoms with E-state index in [0.717, 1.165) is 11.4 Å². The lowest BCUT2D eigenvalue weighted by atomic mass is 9.82. The highest BCUT2D eigenvalue weighted by atomic mass is 15.1. The summed E-state index contributed by atoms with van der Waals surface area (Å²) in [6, 6.07) is 66.6. The molecule has 0 bridgehead atoms. The van der Waals surface area contributed by atoms with Crippen molar-refractivity contribution in [3.05, 3.63) is 199 Å². The van der Waals surface area contributed by atoms with Gasteiger partial charge in [0.05, 0.1) is 0 Å². The lowest BCUT2D eigenvalue weighted by Crippen LogP contribution is -2.17. The number of nitrogens with zero attached hydrogens (tertiary/aromatic N) is 1. The number of hydrogen-bond donors (Lipinski definition) is 0. The summed E-state index contributed by atoms with van der Waals surface area (Å²) in [5.74, 6) is 0. The van der Waals surface area contributed by atoms with Gasteiger partial charge in [-0.2, -0.15) is 0 Å². The van der Waals surface area contributed by atoms with Crippen molar-refractivity contribution in [3.8, 4) is 44.5 Å². The van der Waals surface area contributed by atoms with Crippen molar-refractivity contribution in [3.63, 3.8) is 0 Å². The zero-order chi connectivity index (χ0) is 34.5. The van der Waals surface area contributed by atoms with Crippen molar-refractivity contribution in [2.75, 3.05) is 4.90 Å². The standard InChI is InChI=1S/C50H39N/c1-34-32-40(44-18-11-15-39-14-7-8-16-43(39)44)26-31-49(34)51(42-29-30-46-45-17-9-10-19-47(45)50(2,3)48(46)33-42)41-27-24-38(25-28-41)37-22-20-36(21-23-37)35-12-5-4-6-13-35/h4-33H,1-3H3. The molecule has 8 aromatic rings. The molecule has 0 aliphatic heterocycles. The van der Waals surface area contributed by atoms with Gasteiger partial charge >= 0.3 is 0 Å². The van der Waals surface area contributed by atoms with Crippen LogP contribution in [-0.2, 0) is 5.41 Å². The quantitative estimate of drug-likeness (QED) is 0.173. The van der Waals surface area contributed by atoms with Crippen LogP contribution in [0.4, 0.5) is 17.1 Å². The van der Waals surface area contributed by atoms with Gasteiger partial charge in [0.2, 0.25) is 0 Å². The molecule has 244 valence electrons. The van der Waals surface area contributed by atoms with E-state index in [-0.39, 0.29) is 5.41 Å². The maximum absolute atomic E-state index is 2.43. The molecule has 0 saturated carbocycles. The van der Waals surface area contributed by atoms with E-state index in [4.69, 9.17) is 0 Å². The van der Waals surface area contributed by atoms with Gasteiger partial charge in [-0.1, -0.05) is 159 Å². The molecule has 0 N–H and O–H groups in total. The minimum atomic E-state index is -0.0867. The average molecular weight is 654 g/mol. The maximum atomic E-state index is 2.43. The van der Waals surface area contributed by atoms with E-state index in [0.29, 0.717) is 0 Å². The SMILES string of the molecule is Cc1cc(-c2cccc3ccccc23)ccc1N(c1ccc(-c2ccc(-c3ccccc3)cc2)cc1)c1ccc2c(c1)C(C)(C)c1ccccc1-2. The predicted octanol–water partition coefficient (Wildman–Crippen LogP) is 13.9. The van der Waals surface area contributed by atoms with Crippen LogP contribution in [0.15, 0.2) is 182 Å². The molecular weight excluding hydrogens is 615 g/mol. The molecule has 0 radical (unpaired) electrons. The fraction of sp³-hybridized carbons (Fsp3) is 0.0800. The van der Waals surface area contributed by atoms with Gasteiger partial charge in [-0.15, -0.1) is 0 Å². The summed E-state index contributed by atoms with van der Waals surface area (Å²) in [5, 5.41) is 2.53. The molecule has 51 heavy (non-hydrogen) atoms. The average Bonchev–Trinajstić information content (AvgIpc) is 3.41. The summed E-state index contributed by atoms with van der Waals surface area (Å²) in [5.41, 5.74) is 17.4. The first-order chi connectivity index (χ1) is 25.0. The van der Waals surface area contributed by atoms with E-state index in [1.54, 1.807) is 0 Å². The highest BCUT2D eigenvalue weighted by Gasteiger charge is 2.35. The van der Waals surface area contributed by atoms with Gasteiger partial charge in [-0.05, 0) is 115 Å². The number of hydrogen-bond acceptors (Lipinski definition) is 1. The number of anilines is 3. The Bertz CT molecular complexity index is 2540. The van der Waals surface area contributed by atoms with Crippen LogP contribution >= 0.6 is 0 Å². The summed E-state index contributed by atoms with van der Waals surface area (Å²) in [6.07, 6.45) is 0. The Hall–Kier alpha value is -6.18. The summed E-state index contributed by atoms with van der Waals surface area (Å²) in [4.78, 5) is 2.43. The third kappa shape index (κ3) is 5.34. The number of benzene rings is 8. The second kappa shape index (κ2) is 12.3. The van der Waals surface area contributed by atoms with Gasteiger partial charge in [-0.3, -0.25) is 0 Å².